The molecule has 0 saturated carbocycles. The number of cyclic esters (lactones) is 1. The SMILES string of the molecule is CCCC[C@H](O[Si](C)(C)C(C)(C)C)[C@H]1OC(C)(C)O[C@@H]1[C@H]1CCCC(=O)O1. The largest absolute Gasteiger partial charge is 0.459 e. The van der Waals surface area contributed by atoms with Crippen LogP contribution in [0, 0.1) is 0 Å². The highest BCUT2D eigenvalue weighted by Crippen LogP contribution is 2.42. The van der Waals surface area contributed by atoms with E-state index in [9.17, 15) is 4.79 Å². The van der Waals surface area contributed by atoms with Gasteiger partial charge in [0.2, 0.25) is 0 Å². The topological polar surface area (TPSA) is 54.0 Å². The molecule has 0 aliphatic carbocycles. The number of esters is 1. The van der Waals surface area contributed by atoms with Crippen molar-refractivity contribution >= 4 is 14.3 Å². The van der Waals surface area contributed by atoms with Gasteiger partial charge in [-0.2, -0.15) is 0 Å². The van der Waals surface area contributed by atoms with Gasteiger partial charge >= 0.3 is 5.97 Å². The fourth-order valence-corrected chi connectivity index (χ4v) is 4.97. The predicted molar refractivity (Wildman–Crippen MR) is 109 cm³/mol. The van der Waals surface area contributed by atoms with Gasteiger partial charge in [-0.05, 0) is 51.2 Å². The Bertz CT molecular complexity index is 511. The minimum absolute atomic E-state index is 0.0433. The highest BCUT2D eigenvalue weighted by atomic mass is 28.4. The molecular weight excluding hydrogens is 360 g/mol. The normalized spacial score (nSPS) is 30.2. The summed E-state index contributed by atoms with van der Waals surface area (Å²) in [5, 5.41) is 0.124. The Morgan fingerprint density at radius 1 is 1.26 bits per heavy atom. The lowest BCUT2D eigenvalue weighted by Crippen LogP contribution is -2.52. The summed E-state index contributed by atoms with van der Waals surface area (Å²) in [6.07, 6.45) is 4.53. The molecule has 0 radical (unpaired) electrons. The second-order valence-corrected chi connectivity index (χ2v) is 14.8. The van der Waals surface area contributed by atoms with Crippen molar-refractivity contribution in [1.82, 2.24) is 0 Å². The van der Waals surface area contributed by atoms with Gasteiger partial charge in [0, 0.05) is 6.42 Å². The molecular formula is C21H40O5Si. The molecule has 0 unspecified atom stereocenters. The maximum atomic E-state index is 11.9. The molecule has 0 aromatic carbocycles. The van der Waals surface area contributed by atoms with Crippen LogP contribution in [0.2, 0.25) is 18.1 Å². The van der Waals surface area contributed by atoms with E-state index < -0.39 is 14.1 Å². The minimum Gasteiger partial charge on any atom is -0.459 e. The maximum Gasteiger partial charge on any atom is 0.306 e. The van der Waals surface area contributed by atoms with Gasteiger partial charge < -0.3 is 18.6 Å². The maximum absolute atomic E-state index is 11.9. The number of carbonyl (C=O) groups excluding carboxylic acids is 1. The van der Waals surface area contributed by atoms with Gasteiger partial charge in [-0.25, -0.2) is 0 Å². The van der Waals surface area contributed by atoms with Crippen molar-refractivity contribution in [3.05, 3.63) is 0 Å². The first kappa shape index (κ1) is 22.9. The number of ether oxygens (including phenoxy) is 3. The molecule has 0 spiro atoms. The van der Waals surface area contributed by atoms with Crippen molar-refractivity contribution in [2.24, 2.45) is 0 Å². The average molecular weight is 401 g/mol. The molecule has 2 saturated heterocycles. The highest BCUT2D eigenvalue weighted by Gasteiger charge is 2.52. The number of rotatable bonds is 7. The number of hydrogen-bond donors (Lipinski definition) is 0. The summed E-state index contributed by atoms with van der Waals surface area (Å²) in [6, 6.07) is 0. The highest BCUT2D eigenvalue weighted by molar-refractivity contribution is 6.74. The molecule has 4 atom stereocenters. The Hall–Kier alpha value is -0.433. The Morgan fingerprint density at radius 3 is 2.48 bits per heavy atom. The third kappa shape index (κ3) is 5.78. The van der Waals surface area contributed by atoms with Crippen molar-refractivity contribution in [2.45, 2.75) is 128 Å². The summed E-state index contributed by atoms with van der Waals surface area (Å²) < 4.78 is 25.1. The van der Waals surface area contributed by atoms with Crippen LogP contribution < -0.4 is 0 Å². The zero-order chi connectivity index (χ0) is 20.5. The fraction of sp³-hybridized carbons (Fsp3) is 0.952. The van der Waals surface area contributed by atoms with Gasteiger partial charge in [-0.1, -0.05) is 40.5 Å². The van der Waals surface area contributed by atoms with Crippen LogP contribution in [-0.4, -0.2) is 44.5 Å². The molecule has 0 aromatic heterocycles. The van der Waals surface area contributed by atoms with E-state index in [0.29, 0.717) is 6.42 Å². The lowest BCUT2D eigenvalue weighted by molar-refractivity contribution is -0.176. The summed E-state index contributed by atoms with van der Waals surface area (Å²) >= 11 is 0. The van der Waals surface area contributed by atoms with E-state index in [2.05, 4.69) is 40.8 Å². The van der Waals surface area contributed by atoms with Crippen LogP contribution in [-0.2, 0) is 23.4 Å². The van der Waals surface area contributed by atoms with Gasteiger partial charge in [0.05, 0.1) is 6.10 Å². The predicted octanol–water partition coefficient (Wildman–Crippen LogP) is 5.18. The van der Waals surface area contributed by atoms with Crippen LogP contribution in [0.1, 0.15) is 80.1 Å². The summed E-state index contributed by atoms with van der Waals surface area (Å²) in [5.41, 5.74) is 0. The lowest BCUT2D eigenvalue weighted by Gasteiger charge is -2.42. The fourth-order valence-electron chi connectivity index (χ4n) is 3.61. The molecule has 27 heavy (non-hydrogen) atoms. The van der Waals surface area contributed by atoms with Crippen LogP contribution in [0.4, 0.5) is 0 Å². The molecule has 5 nitrogen and oxygen atoms in total. The zero-order valence-corrected chi connectivity index (χ0v) is 19.6. The van der Waals surface area contributed by atoms with Gasteiger partial charge in [0.15, 0.2) is 14.1 Å². The second kappa shape index (κ2) is 8.52. The van der Waals surface area contributed by atoms with Crippen molar-refractivity contribution in [3.63, 3.8) is 0 Å². The smallest absolute Gasteiger partial charge is 0.306 e. The van der Waals surface area contributed by atoms with Crippen LogP contribution in [0.3, 0.4) is 0 Å². The molecule has 158 valence electrons. The third-order valence-corrected chi connectivity index (χ3v) is 10.6. The monoisotopic (exact) mass is 400 g/mol. The molecule has 0 amide bonds. The van der Waals surface area contributed by atoms with Crippen LogP contribution in [0.15, 0.2) is 0 Å². The molecule has 6 heteroatoms. The van der Waals surface area contributed by atoms with E-state index in [4.69, 9.17) is 18.6 Å². The van der Waals surface area contributed by atoms with Gasteiger partial charge in [-0.3, -0.25) is 4.79 Å². The Morgan fingerprint density at radius 2 is 1.93 bits per heavy atom. The first-order chi connectivity index (χ1) is 12.4. The van der Waals surface area contributed by atoms with E-state index in [0.717, 1.165) is 32.1 Å². The Kier molecular flexibility index (Phi) is 7.21. The van der Waals surface area contributed by atoms with E-state index >= 15 is 0 Å². The lowest BCUT2D eigenvalue weighted by atomic mass is 9.95. The molecule has 2 aliphatic heterocycles. The van der Waals surface area contributed by atoms with E-state index in [-0.39, 0.29) is 35.4 Å². The van der Waals surface area contributed by atoms with Crippen LogP contribution in [0.5, 0.6) is 0 Å². The number of hydrogen-bond acceptors (Lipinski definition) is 5. The van der Waals surface area contributed by atoms with Crippen molar-refractivity contribution in [2.75, 3.05) is 0 Å². The zero-order valence-electron chi connectivity index (χ0n) is 18.6. The summed E-state index contributed by atoms with van der Waals surface area (Å²) in [7, 11) is -1.97. The summed E-state index contributed by atoms with van der Waals surface area (Å²) in [6.45, 7) is 17.4. The summed E-state index contributed by atoms with van der Waals surface area (Å²) in [4.78, 5) is 11.9. The van der Waals surface area contributed by atoms with Gasteiger partial charge in [0.1, 0.15) is 18.3 Å². The molecule has 0 N–H and O–H groups in total. The number of carbonyl (C=O) groups is 1. The molecule has 2 fully saturated rings. The second-order valence-electron chi connectivity index (χ2n) is 10.0. The van der Waals surface area contributed by atoms with Gasteiger partial charge in [0.25, 0.3) is 0 Å². The molecule has 2 rings (SSSR count). The Labute approximate surface area is 166 Å². The average Bonchev–Trinajstić information content (AvgIpc) is 2.86. The van der Waals surface area contributed by atoms with E-state index in [1.165, 1.54) is 0 Å². The molecule has 2 aliphatic rings. The van der Waals surface area contributed by atoms with Crippen molar-refractivity contribution < 1.29 is 23.4 Å². The Balaban J connectivity index is 2.25. The molecule has 0 aromatic rings. The van der Waals surface area contributed by atoms with E-state index in [1.807, 2.05) is 13.8 Å². The van der Waals surface area contributed by atoms with Crippen LogP contribution >= 0.6 is 0 Å². The van der Waals surface area contributed by atoms with Crippen LogP contribution in [0.25, 0.3) is 0 Å². The molecule has 2 heterocycles. The quantitative estimate of drug-likeness (QED) is 0.435. The molecule has 0 bridgehead atoms. The minimum atomic E-state index is -1.97. The van der Waals surface area contributed by atoms with Crippen molar-refractivity contribution in [1.29, 1.82) is 0 Å². The summed E-state index contributed by atoms with van der Waals surface area (Å²) in [5.74, 6) is -0.825. The first-order valence-corrected chi connectivity index (χ1v) is 13.5. The van der Waals surface area contributed by atoms with Gasteiger partial charge in [-0.15, -0.1) is 0 Å². The van der Waals surface area contributed by atoms with Crippen molar-refractivity contribution in [3.8, 4) is 0 Å². The standard InChI is InChI=1S/C21H40O5Si/c1-9-10-12-16(26-27(7,8)20(2,3)4)19-18(24-21(5,6)25-19)15-13-11-14-17(22)23-15/h15-16,18-19H,9-14H2,1-8H3/t15-,16+,18-,19-/m1/s1. The first-order valence-electron chi connectivity index (χ1n) is 10.6. The third-order valence-electron chi connectivity index (χ3n) is 6.14. The number of unbranched alkanes of at least 4 members (excludes halogenated alkanes) is 1. The van der Waals surface area contributed by atoms with E-state index in [1.54, 1.807) is 0 Å².